The molecule has 2 rings (SSSR count). The van der Waals surface area contributed by atoms with E-state index in [1.807, 2.05) is 12.1 Å². The molecule has 1 aliphatic heterocycles. The van der Waals surface area contributed by atoms with Crippen molar-refractivity contribution in [1.29, 1.82) is 0 Å². The first-order chi connectivity index (χ1) is 8.65. The summed E-state index contributed by atoms with van der Waals surface area (Å²) in [6.45, 7) is 6.44. The molecule has 0 saturated carbocycles. The third-order valence-electron chi connectivity index (χ3n) is 3.96. The summed E-state index contributed by atoms with van der Waals surface area (Å²) in [5, 5.41) is 0. The van der Waals surface area contributed by atoms with E-state index in [9.17, 15) is 0 Å². The summed E-state index contributed by atoms with van der Waals surface area (Å²) in [6.07, 6.45) is 1.27. The summed E-state index contributed by atoms with van der Waals surface area (Å²) in [6, 6.07) is 9.24. The third-order valence-corrected chi connectivity index (χ3v) is 3.96. The van der Waals surface area contributed by atoms with Crippen LogP contribution in [-0.4, -0.2) is 31.1 Å². The second kappa shape index (κ2) is 5.72. The molecule has 1 aromatic rings. The molecule has 3 nitrogen and oxygen atoms in total. The van der Waals surface area contributed by atoms with E-state index in [0.717, 1.165) is 18.2 Å². The average molecular weight is 248 g/mol. The molecular formula is C15H24N2O. The highest BCUT2D eigenvalue weighted by Crippen LogP contribution is 2.31. The van der Waals surface area contributed by atoms with Crippen molar-refractivity contribution in [3.8, 4) is 5.75 Å². The Morgan fingerprint density at radius 3 is 2.44 bits per heavy atom. The number of benzene rings is 1. The van der Waals surface area contributed by atoms with E-state index < -0.39 is 0 Å². The SMILES string of the molecule is COc1ccc(C(CN)N2CC(C)CC2C)cc1. The van der Waals surface area contributed by atoms with Gasteiger partial charge < -0.3 is 10.5 Å². The van der Waals surface area contributed by atoms with Crippen LogP contribution in [0, 0.1) is 5.92 Å². The van der Waals surface area contributed by atoms with Crippen LogP contribution >= 0.6 is 0 Å². The Morgan fingerprint density at radius 1 is 1.33 bits per heavy atom. The van der Waals surface area contributed by atoms with Gasteiger partial charge in [-0.25, -0.2) is 0 Å². The fraction of sp³-hybridized carbons (Fsp3) is 0.600. The van der Waals surface area contributed by atoms with Gasteiger partial charge in [0.15, 0.2) is 0 Å². The molecule has 0 spiro atoms. The van der Waals surface area contributed by atoms with Gasteiger partial charge in [0.05, 0.1) is 7.11 Å². The van der Waals surface area contributed by atoms with Crippen LogP contribution in [0.2, 0.25) is 0 Å². The van der Waals surface area contributed by atoms with E-state index in [2.05, 4.69) is 30.9 Å². The largest absolute Gasteiger partial charge is 0.497 e. The lowest BCUT2D eigenvalue weighted by Crippen LogP contribution is -2.36. The minimum Gasteiger partial charge on any atom is -0.497 e. The first kappa shape index (κ1) is 13.4. The smallest absolute Gasteiger partial charge is 0.118 e. The predicted octanol–water partition coefficient (Wildman–Crippen LogP) is 2.43. The van der Waals surface area contributed by atoms with Crippen LogP contribution in [0.3, 0.4) is 0 Å². The number of nitrogens with zero attached hydrogens (tertiary/aromatic N) is 1. The lowest BCUT2D eigenvalue weighted by atomic mass is 10.0. The van der Waals surface area contributed by atoms with Crippen molar-refractivity contribution in [2.75, 3.05) is 20.2 Å². The van der Waals surface area contributed by atoms with E-state index in [-0.39, 0.29) is 0 Å². The van der Waals surface area contributed by atoms with Crippen molar-refractivity contribution in [3.05, 3.63) is 29.8 Å². The van der Waals surface area contributed by atoms with Gasteiger partial charge in [0, 0.05) is 25.2 Å². The van der Waals surface area contributed by atoms with Gasteiger partial charge in [0.2, 0.25) is 0 Å². The zero-order valence-corrected chi connectivity index (χ0v) is 11.6. The zero-order valence-electron chi connectivity index (χ0n) is 11.6. The number of rotatable bonds is 4. The number of ether oxygens (including phenoxy) is 1. The molecule has 0 aromatic heterocycles. The second-order valence-electron chi connectivity index (χ2n) is 5.41. The zero-order chi connectivity index (χ0) is 13.1. The fourth-order valence-corrected chi connectivity index (χ4v) is 3.06. The van der Waals surface area contributed by atoms with Crippen LogP contribution in [-0.2, 0) is 0 Å². The van der Waals surface area contributed by atoms with E-state index in [1.54, 1.807) is 7.11 Å². The number of nitrogens with two attached hydrogens (primary N) is 1. The minimum absolute atomic E-state index is 0.329. The first-order valence-electron chi connectivity index (χ1n) is 6.75. The first-order valence-corrected chi connectivity index (χ1v) is 6.75. The van der Waals surface area contributed by atoms with Gasteiger partial charge in [-0.15, -0.1) is 0 Å². The molecule has 3 atom stereocenters. The molecule has 1 heterocycles. The van der Waals surface area contributed by atoms with Crippen LogP contribution in [0.15, 0.2) is 24.3 Å². The van der Waals surface area contributed by atoms with Gasteiger partial charge in [-0.05, 0) is 37.0 Å². The summed E-state index contributed by atoms with van der Waals surface area (Å²) < 4.78 is 5.20. The highest BCUT2D eigenvalue weighted by atomic mass is 16.5. The molecule has 0 aliphatic carbocycles. The molecule has 3 unspecified atom stereocenters. The van der Waals surface area contributed by atoms with Crippen molar-refractivity contribution in [2.24, 2.45) is 11.7 Å². The lowest BCUT2D eigenvalue weighted by Gasteiger charge is -2.31. The Bertz CT molecular complexity index is 377. The van der Waals surface area contributed by atoms with Gasteiger partial charge in [-0.3, -0.25) is 4.90 Å². The van der Waals surface area contributed by atoms with Gasteiger partial charge in [0.25, 0.3) is 0 Å². The highest BCUT2D eigenvalue weighted by Gasteiger charge is 2.31. The molecule has 1 aliphatic rings. The Labute approximate surface area is 110 Å². The van der Waals surface area contributed by atoms with Crippen LogP contribution in [0.1, 0.15) is 31.9 Å². The van der Waals surface area contributed by atoms with Crippen LogP contribution in [0.25, 0.3) is 0 Å². The van der Waals surface area contributed by atoms with E-state index in [1.165, 1.54) is 12.0 Å². The third kappa shape index (κ3) is 2.68. The molecule has 100 valence electrons. The molecule has 3 heteroatoms. The molecule has 0 radical (unpaired) electrons. The van der Waals surface area contributed by atoms with Crippen LogP contribution in [0.4, 0.5) is 0 Å². The highest BCUT2D eigenvalue weighted by molar-refractivity contribution is 5.29. The second-order valence-corrected chi connectivity index (χ2v) is 5.41. The maximum atomic E-state index is 5.99. The molecule has 0 bridgehead atoms. The molecule has 1 saturated heterocycles. The molecule has 18 heavy (non-hydrogen) atoms. The number of likely N-dealkylation sites (tertiary alicyclic amines) is 1. The number of hydrogen-bond donors (Lipinski definition) is 1. The Balaban J connectivity index is 2.16. The minimum atomic E-state index is 0.329. The molecule has 1 fully saturated rings. The quantitative estimate of drug-likeness (QED) is 0.889. The van der Waals surface area contributed by atoms with Crippen LogP contribution < -0.4 is 10.5 Å². The molecule has 1 aromatic carbocycles. The normalized spacial score (nSPS) is 26.2. The summed E-state index contributed by atoms with van der Waals surface area (Å²) in [5.74, 6) is 1.67. The van der Waals surface area contributed by atoms with Crippen molar-refractivity contribution in [3.63, 3.8) is 0 Å². The Hall–Kier alpha value is -1.06. The molecule has 0 amide bonds. The van der Waals surface area contributed by atoms with Crippen molar-refractivity contribution < 1.29 is 4.74 Å². The predicted molar refractivity (Wildman–Crippen MR) is 74.7 cm³/mol. The summed E-state index contributed by atoms with van der Waals surface area (Å²) in [4.78, 5) is 2.53. The number of hydrogen-bond acceptors (Lipinski definition) is 3. The van der Waals surface area contributed by atoms with Crippen LogP contribution in [0.5, 0.6) is 5.75 Å². The average Bonchev–Trinajstić information content (AvgIpc) is 2.70. The van der Waals surface area contributed by atoms with Crippen molar-refractivity contribution >= 4 is 0 Å². The summed E-state index contributed by atoms with van der Waals surface area (Å²) >= 11 is 0. The number of methoxy groups -OCH3 is 1. The maximum Gasteiger partial charge on any atom is 0.118 e. The van der Waals surface area contributed by atoms with Crippen molar-refractivity contribution in [1.82, 2.24) is 4.90 Å². The van der Waals surface area contributed by atoms with E-state index in [0.29, 0.717) is 18.6 Å². The maximum absolute atomic E-state index is 5.99. The topological polar surface area (TPSA) is 38.5 Å². The standard InChI is InChI=1S/C15H24N2O/c1-11-8-12(2)17(10-11)15(9-16)13-4-6-14(18-3)7-5-13/h4-7,11-12,15H,8-10,16H2,1-3H3. The fourth-order valence-electron chi connectivity index (χ4n) is 3.06. The summed E-state index contributed by atoms with van der Waals surface area (Å²) in [7, 11) is 1.69. The van der Waals surface area contributed by atoms with Gasteiger partial charge in [0.1, 0.15) is 5.75 Å². The summed E-state index contributed by atoms with van der Waals surface area (Å²) in [5.41, 5.74) is 7.28. The lowest BCUT2D eigenvalue weighted by molar-refractivity contribution is 0.192. The van der Waals surface area contributed by atoms with Gasteiger partial charge in [-0.1, -0.05) is 19.1 Å². The molecule has 2 N–H and O–H groups in total. The van der Waals surface area contributed by atoms with Gasteiger partial charge in [-0.2, -0.15) is 0 Å². The van der Waals surface area contributed by atoms with E-state index >= 15 is 0 Å². The van der Waals surface area contributed by atoms with Crippen molar-refractivity contribution in [2.45, 2.75) is 32.4 Å². The molecular weight excluding hydrogens is 224 g/mol. The Morgan fingerprint density at radius 2 is 2.00 bits per heavy atom. The van der Waals surface area contributed by atoms with E-state index in [4.69, 9.17) is 10.5 Å². The Kier molecular flexibility index (Phi) is 4.25. The monoisotopic (exact) mass is 248 g/mol. The van der Waals surface area contributed by atoms with Gasteiger partial charge >= 0.3 is 0 Å².